The number of carboxylic acids is 2. The first-order valence-corrected chi connectivity index (χ1v) is 25.6. The average molecular weight is 1030 g/mol. The number of carbonyl (C=O) groups excluding carboxylic acids is 3. The van der Waals surface area contributed by atoms with Crippen molar-refractivity contribution in [1.82, 2.24) is 0 Å². The van der Waals surface area contributed by atoms with Crippen molar-refractivity contribution in [3.05, 3.63) is 177 Å². The number of aliphatic carboxylic acids is 2. The van der Waals surface area contributed by atoms with Crippen molar-refractivity contribution in [2.75, 3.05) is 49.4 Å². The number of carbonyl (C=O) groups is 5. The Hall–Kier alpha value is -7.51. The van der Waals surface area contributed by atoms with Crippen LogP contribution in [0.4, 0.5) is 11.4 Å². The zero-order chi connectivity index (χ0) is 51.9. The van der Waals surface area contributed by atoms with Crippen molar-refractivity contribution in [2.24, 2.45) is 11.8 Å². The van der Waals surface area contributed by atoms with E-state index in [9.17, 15) is 39.3 Å². The summed E-state index contributed by atoms with van der Waals surface area (Å²) in [6.45, 7) is 4.02. The van der Waals surface area contributed by atoms with E-state index in [0.29, 0.717) is 120 Å². The number of ether oxygens (including phenoxy) is 5. The Bertz CT molecular complexity index is 3270. The summed E-state index contributed by atoms with van der Waals surface area (Å²) < 4.78 is 28.2. The number of esters is 1. The predicted octanol–water partition coefficient (Wildman–Crippen LogP) is 5.56. The molecule has 4 heterocycles. The molecule has 6 aromatic carbocycles. The fourth-order valence-corrected chi connectivity index (χ4v) is 11.8. The molecule has 2 amide bonds. The van der Waals surface area contributed by atoms with E-state index < -0.39 is 35.9 Å². The van der Waals surface area contributed by atoms with E-state index in [1.54, 1.807) is 89.5 Å². The second kappa shape index (κ2) is 23.0. The van der Waals surface area contributed by atoms with E-state index in [-0.39, 0.29) is 64.9 Å². The molecule has 77 heavy (non-hydrogen) atoms. The molecule has 3 N–H and O–H groups in total. The SMILES string of the molecule is CCOC(=O)C1CCc2cc(N3C(=O)c4ccccc4[C@@H](C(=O)O)[C@@H]3c3ccc4c(c3)OCCO4)ccc2C1.O=C(O)[C@@H]1c2ccccc2C(=O)N(c2ccc3c(c2)CCC(CO)C3)[C@H]1c1ccc2c(c1)OCCO2.[B].[H-].[Li+]. The summed E-state index contributed by atoms with van der Waals surface area (Å²) in [7, 11) is 0. The van der Waals surface area contributed by atoms with Gasteiger partial charge in [0.1, 0.15) is 38.3 Å². The quantitative estimate of drug-likeness (QED) is 0.120. The van der Waals surface area contributed by atoms with Crippen LogP contribution in [-0.4, -0.2) is 93.1 Å². The van der Waals surface area contributed by atoms with Crippen molar-refractivity contribution >= 4 is 49.5 Å². The second-order valence-electron chi connectivity index (χ2n) is 19.7. The molecule has 0 spiro atoms. The van der Waals surface area contributed by atoms with Gasteiger partial charge in [-0.2, -0.15) is 0 Å². The molecular weight excluding hydrogens is 974 g/mol. The zero-order valence-corrected chi connectivity index (χ0v) is 42.9. The molecule has 17 heteroatoms. The average Bonchev–Trinajstić information content (AvgIpc) is 3.64. The van der Waals surface area contributed by atoms with Gasteiger partial charge in [0.2, 0.25) is 0 Å². The summed E-state index contributed by atoms with van der Waals surface area (Å²) in [5, 5.41) is 30.5. The molecule has 12 rings (SSSR count). The summed E-state index contributed by atoms with van der Waals surface area (Å²) in [5.41, 5.74) is 8.77. The maximum absolute atomic E-state index is 14.1. The first kappa shape index (κ1) is 54.3. The molecule has 0 bridgehead atoms. The van der Waals surface area contributed by atoms with Gasteiger partial charge in [-0.1, -0.05) is 60.7 Å². The maximum Gasteiger partial charge on any atom is 1.00 e. The van der Waals surface area contributed by atoms with Gasteiger partial charge in [-0.3, -0.25) is 33.8 Å². The minimum atomic E-state index is -1.02. The Morgan fingerprint density at radius 2 is 1.04 bits per heavy atom. The van der Waals surface area contributed by atoms with Crippen LogP contribution in [0.3, 0.4) is 0 Å². The molecule has 3 radical (unpaired) electrons. The van der Waals surface area contributed by atoms with Gasteiger partial charge in [0.25, 0.3) is 11.8 Å². The van der Waals surface area contributed by atoms with E-state index in [1.165, 1.54) is 5.56 Å². The smallest absolute Gasteiger partial charge is 1.00 e. The number of hydrogen-bond donors (Lipinski definition) is 3. The Kier molecular flexibility index (Phi) is 16.2. The number of anilines is 2. The second-order valence-corrected chi connectivity index (χ2v) is 19.7. The predicted molar refractivity (Wildman–Crippen MR) is 282 cm³/mol. The third kappa shape index (κ3) is 10.3. The zero-order valence-electron chi connectivity index (χ0n) is 43.9. The third-order valence-corrected chi connectivity index (χ3v) is 15.4. The number of benzene rings is 6. The normalized spacial score (nSPS) is 21.4. The maximum atomic E-state index is 14.1. The van der Waals surface area contributed by atoms with E-state index in [4.69, 9.17) is 23.7 Å². The standard InChI is InChI=1S/C31H29NO7.C29H27NO6.B.Li.H/c1-2-37-31(36)21-8-7-19-16-22(11-9-18(19)15-21)32-28(20-10-12-25-26(17-20)39-14-13-38-25)27(30(34)35)23-5-3-4-6-24(23)29(32)33;31-16-17-5-6-19-14-21(9-7-18(19)13-17)30-27(20-8-10-24-25(15-20)36-12-11-35-24)26(29(33)34)22-3-1-2-4-23(22)28(30)32;;;/h3-6,9-12,16-17,21,27-28H,2,7-8,13-15H2,1H3,(H,34,35);1-4,7-10,14-15,17,26-27,31H,5-6,11-13,16H2,(H,33,34);;;/q;;;+1;-1/t21?,27-,28+;17?,26-,27+;;;/m11.../s1. The molecule has 389 valence electrons. The van der Waals surface area contributed by atoms with Crippen molar-refractivity contribution in [1.29, 1.82) is 0 Å². The van der Waals surface area contributed by atoms with Crippen LogP contribution in [0.5, 0.6) is 23.0 Å². The van der Waals surface area contributed by atoms with Gasteiger partial charge in [0.15, 0.2) is 23.0 Å². The van der Waals surface area contributed by atoms with Crippen LogP contribution >= 0.6 is 0 Å². The van der Waals surface area contributed by atoms with Gasteiger partial charge < -0.3 is 40.4 Å². The first-order valence-electron chi connectivity index (χ1n) is 25.6. The third-order valence-electron chi connectivity index (χ3n) is 15.4. The van der Waals surface area contributed by atoms with Gasteiger partial charge in [-0.05, 0) is 157 Å². The summed E-state index contributed by atoms with van der Waals surface area (Å²) in [6, 6.07) is 34.8. The topological polar surface area (TPSA) is 199 Å². The van der Waals surface area contributed by atoms with E-state index in [2.05, 4.69) is 0 Å². The molecule has 0 saturated carbocycles. The van der Waals surface area contributed by atoms with Gasteiger partial charge in [0.05, 0.1) is 24.6 Å². The Morgan fingerprint density at radius 1 is 0.584 bits per heavy atom. The van der Waals surface area contributed by atoms with Gasteiger partial charge in [-0.25, -0.2) is 0 Å². The van der Waals surface area contributed by atoms with Crippen molar-refractivity contribution < 1.29 is 83.3 Å². The molecule has 6 aromatic rings. The molecule has 6 atom stereocenters. The monoisotopic (exact) mass is 1030 g/mol. The summed E-state index contributed by atoms with van der Waals surface area (Å²) in [5.74, 6) is -2.30. The number of hydrogen-bond acceptors (Lipinski definition) is 11. The molecule has 4 aliphatic heterocycles. The van der Waals surface area contributed by atoms with Crippen LogP contribution < -0.4 is 47.6 Å². The van der Waals surface area contributed by atoms with Crippen LogP contribution in [0.25, 0.3) is 0 Å². The molecule has 15 nitrogen and oxygen atoms in total. The Morgan fingerprint density at radius 3 is 1.51 bits per heavy atom. The molecule has 0 saturated heterocycles. The Labute approximate surface area is 461 Å². The fraction of sp³-hybridized carbons (Fsp3) is 0.317. The van der Waals surface area contributed by atoms with Crippen LogP contribution in [0.15, 0.2) is 121 Å². The number of rotatable bonds is 9. The molecular formula is C60H57BLiN2O13. The van der Waals surface area contributed by atoms with E-state index >= 15 is 0 Å². The van der Waals surface area contributed by atoms with E-state index in [1.807, 2.05) is 48.5 Å². The number of aliphatic hydroxyl groups excluding tert-OH is 1. The minimum absolute atomic E-state index is 0. The number of carboxylic acid groups (broad SMARTS) is 2. The number of fused-ring (bicyclic) bond motifs is 6. The van der Waals surface area contributed by atoms with Crippen LogP contribution in [-0.2, 0) is 44.8 Å². The summed E-state index contributed by atoms with van der Waals surface area (Å²) >= 11 is 0. The van der Waals surface area contributed by atoms with Crippen molar-refractivity contribution in [2.45, 2.75) is 69.4 Å². The van der Waals surface area contributed by atoms with Gasteiger partial charge in [-0.15, -0.1) is 0 Å². The van der Waals surface area contributed by atoms with Crippen molar-refractivity contribution in [3.8, 4) is 23.0 Å². The number of aliphatic hydroxyl groups is 1. The summed E-state index contributed by atoms with van der Waals surface area (Å²) in [4.78, 5) is 69.2. The largest absolute Gasteiger partial charge is 1.00 e. The number of nitrogens with zero attached hydrogens (tertiary/aromatic N) is 2. The van der Waals surface area contributed by atoms with Crippen LogP contribution in [0.1, 0.15) is 110 Å². The molecule has 0 aromatic heterocycles. The molecule has 6 aliphatic rings. The van der Waals surface area contributed by atoms with Crippen LogP contribution in [0, 0.1) is 11.8 Å². The minimum Gasteiger partial charge on any atom is -1.00 e. The van der Waals surface area contributed by atoms with Crippen LogP contribution in [0.2, 0.25) is 0 Å². The molecule has 2 aliphatic carbocycles. The summed E-state index contributed by atoms with van der Waals surface area (Å²) in [6.07, 6.45) is 4.40. The van der Waals surface area contributed by atoms with Gasteiger partial charge in [0, 0.05) is 37.5 Å². The van der Waals surface area contributed by atoms with E-state index in [0.717, 1.165) is 36.0 Å². The fourth-order valence-electron chi connectivity index (χ4n) is 11.8. The molecule has 0 fully saturated rings. The number of aryl methyl sites for hydroxylation is 2. The number of amides is 2. The van der Waals surface area contributed by atoms with Crippen molar-refractivity contribution in [3.63, 3.8) is 0 Å². The Balaban J connectivity index is 0.000000199. The first-order chi connectivity index (χ1) is 36.5. The van der Waals surface area contributed by atoms with Gasteiger partial charge >= 0.3 is 36.8 Å². The molecule has 2 unspecified atom stereocenters.